The predicted molar refractivity (Wildman–Crippen MR) is 73.6 cm³/mol. The van der Waals surface area contributed by atoms with Crippen molar-refractivity contribution in [2.75, 3.05) is 13.2 Å². The van der Waals surface area contributed by atoms with E-state index in [-0.39, 0.29) is 0 Å². The van der Waals surface area contributed by atoms with Crippen molar-refractivity contribution in [3.63, 3.8) is 0 Å². The summed E-state index contributed by atoms with van der Waals surface area (Å²) in [5.41, 5.74) is 1.17. The largest absolute Gasteiger partial charge is 0.378 e. The molecule has 0 amide bonds. The summed E-state index contributed by atoms with van der Waals surface area (Å²) < 4.78 is 5.76. The average Bonchev–Trinajstić information content (AvgIpc) is 2.41. The number of nitrogens with zero attached hydrogens (tertiary/aromatic N) is 1. The minimum Gasteiger partial charge on any atom is -0.378 e. The summed E-state index contributed by atoms with van der Waals surface area (Å²) in [6.45, 7) is 4.15. The Kier molecular flexibility index (Phi) is 5.62. The number of pyridine rings is 1. The molecule has 3 nitrogen and oxygen atoms in total. The summed E-state index contributed by atoms with van der Waals surface area (Å²) >= 11 is 0. The van der Waals surface area contributed by atoms with Gasteiger partial charge in [0.2, 0.25) is 0 Å². The molecule has 0 aliphatic carbocycles. The van der Waals surface area contributed by atoms with Gasteiger partial charge in [-0.05, 0) is 31.4 Å². The SMILES string of the molecule is CCCC1CC(NCCc2ccccn2)CCO1. The summed E-state index contributed by atoms with van der Waals surface area (Å²) in [5, 5.41) is 3.64. The zero-order valence-electron chi connectivity index (χ0n) is 11.3. The molecule has 100 valence electrons. The third-order valence-corrected chi connectivity index (χ3v) is 3.52. The van der Waals surface area contributed by atoms with E-state index in [4.69, 9.17) is 4.74 Å². The van der Waals surface area contributed by atoms with Crippen molar-refractivity contribution >= 4 is 0 Å². The summed E-state index contributed by atoms with van der Waals surface area (Å²) in [4.78, 5) is 4.34. The third-order valence-electron chi connectivity index (χ3n) is 3.52. The fraction of sp³-hybridized carbons (Fsp3) is 0.667. The summed E-state index contributed by atoms with van der Waals surface area (Å²) in [6, 6.07) is 6.73. The molecule has 0 aromatic carbocycles. The maximum absolute atomic E-state index is 5.76. The van der Waals surface area contributed by atoms with Crippen molar-refractivity contribution in [2.45, 2.75) is 51.2 Å². The van der Waals surface area contributed by atoms with E-state index in [0.717, 1.165) is 32.4 Å². The molecule has 2 heterocycles. The molecular formula is C15H24N2O. The number of ether oxygens (including phenoxy) is 1. The van der Waals surface area contributed by atoms with E-state index >= 15 is 0 Å². The molecule has 0 bridgehead atoms. The van der Waals surface area contributed by atoms with Gasteiger partial charge < -0.3 is 10.1 Å². The predicted octanol–water partition coefficient (Wildman–Crippen LogP) is 2.56. The highest BCUT2D eigenvalue weighted by atomic mass is 16.5. The van der Waals surface area contributed by atoms with Crippen LogP contribution in [0.1, 0.15) is 38.3 Å². The molecule has 1 fully saturated rings. The van der Waals surface area contributed by atoms with Gasteiger partial charge in [-0.3, -0.25) is 4.98 Å². The molecular weight excluding hydrogens is 224 g/mol. The molecule has 1 N–H and O–H groups in total. The van der Waals surface area contributed by atoms with Gasteiger partial charge in [-0.2, -0.15) is 0 Å². The summed E-state index contributed by atoms with van der Waals surface area (Å²) in [5.74, 6) is 0. The lowest BCUT2D eigenvalue weighted by atomic mass is 10.00. The molecule has 2 rings (SSSR count). The molecule has 3 heteroatoms. The summed E-state index contributed by atoms with van der Waals surface area (Å²) in [6.07, 6.45) is 8.05. The van der Waals surface area contributed by atoms with Crippen LogP contribution < -0.4 is 5.32 Å². The highest BCUT2D eigenvalue weighted by Crippen LogP contribution is 2.17. The zero-order chi connectivity index (χ0) is 12.6. The van der Waals surface area contributed by atoms with Gasteiger partial charge in [0, 0.05) is 37.5 Å². The van der Waals surface area contributed by atoms with Crippen molar-refractivity contribution in [3.05, 3.63) is 30.1 Å². The molecule has 0 radical (unpaired) electrons. The zero-order valence-corrected chi connectivity index (χ0v) is 11.3. The number of rotatable bonds is 6. The van der Waals surface area contributed by atoms with Gasteiger partial charge in [0.15, 0.2) is 0 Å². The maximum atomic E-state index is 5.76. The molecule has 0 spiro atoms. The van der Waals surface area contributed by atoms with Gasteiger partial charge in [0.1, 0.15) is 0 Å². The molecule has 2 atom stereocenters. The molecule has 1 aliphatic rings. The van der Waals surface area contributed by atoms with E-state index in [1.807, 2.05) is 18.3 Å². The smallest absolute Gasteiger partial charge is 0.0589 e. The molecule has 1 aromatic rings. The highest BCUT2D eigenvalue weighted by molar-refractivity contribution is 5.03. The van der Waals surface area contributed by atoms with Gasteiger partial charge in [-0.15, -0.1) is 0 Å². The van der Waals surface area contributed by atoms with Gasteiger partial charge >= 0.3 is 0 Å². The minimum absolute atomic E-state index is 0.469. The Morgan fingerprint density at radius 3 is 3.17 bits per heavy atom. The molecule has 1 aromatic heterocycles. The van der Waals surface area contributed by atoms with Crippen LogP contribution in [0.15, 0.2) is 24.4 Å². The minimum atomic E-state index is 0.469. The van der Waals surface area contributed by atoms with E-state index in [1.165, 1.54) is 18.5 Å². The second-order valence-corrected chi connectivity index (χ2v) is 5.03. The van der Waals surface area contributed by atoms with Crippen LogP contribution in [0.5, 0.6) is 0 Å². The fourth-order valence-electron chi connectivity index (χ4n) is 2.54. The van der Waals surface area contributed by atoms with Crippen LogP contribution in [-0.4, -0.2) is 30.3 Å². The average molecular weight is 248 g/mol. The monoisotopic (exact) mass is 248 g/mol. The first kappa shape index (κ1) is 13.5. The number of nitrogens with one attached hydrogen (secondary N) is 1. The lowest BCUT2D eigenvalue weighted by Gasteiger charge is -2.30. The van der Waals surface area contributed by atoms with E-state index in [0.29, 0.717) is 12.1 Å². The van der Waals surface area contributed by atoms with Gasteiger partial charge in [-0.1, -0.05) is 19.4 Å². The molecule has 1 aliphatic heterocycles. The Bertz CT molecular complexity index is 327. The lowest BCUT2D eigenvalue weighted by molar-refractivity contribution is -0.00300. The molecule has 2 unspecified atom stereocenters. The van der Waals surface area contributed by atoms with E-state index in [2.05, 4.69) is 23.3 Å². The topological polar surface area (TPSA) is 34.2 Å². The van der Waals surface area contributed by atoms with Crippen LogP contribution in [0.25, 0.3) is 0 Å². The standard InChI is InChI=1S/C15H24N2O/c1-2-5-15-12-14(8-11-18-15)17-10-7-13-6-3-4-9-16-13/h3-4,6,9,14-15,17H,2,5,7-8,10-12H2,1H3. The van der Waals surface area contributed by atoms with E-state index < -0.39 is 0 Å². The van der Waals surface area contributed by atoms with Crippen LogP contribution >= 0.6 is 0 Å². The first-order valence-electron chi connectivity index (χ1n) is 7.13. The first-order chi connectivity index (χ1) is 8.88. The normalized spacial score (nSPS) is 24.1. The first-order valence-corrected chi connectivity index (χ1v) is 7.13. The van der Waals surface area contributed by atoms with E-state index in [9.17, 15) is 0 Å². The highest BCUT2D eigenvalue weighted by Gasteiger charge is 2.21. The van der Waals surface area contributed by atoms with Crippen molar-refractivity contribution in [1.29, 1.82) is 0 Å². The Morgan fingerprint density at radius 1 is 1.44 bits per heavy atom. The number of hydrogen-bond acceptors (Lipinski definition) is 3. The van der Waals surface area contributed by atoms with Crippen LogP contribution in [0.2, 0.25) is 0 Å². The quantitative estimate of drug-likeness (QED) is 0.840. The second kappa shape index (κ2) is 7.49. The van der Waals surface area contributed by atoms with Crippen LogP contribution in [0.4, 0.5) is 0 Å². The Hall–Kier alpha value is -0.930. The van der Waals surface area contributed by atoms with Gasteiger partial charge in [0.05, 0.1) is 6.10 Å². The Balaban J connectivity index is 1.67. The van der Waals surface area contributed by atoms with E-state index in [1.54, 1.807) is 0 Å². The molecule has 18 heavy (non-hydrogen) atoms. The van der Waals surface area contributed by atoms with Crippen LogP contribution in [0.3, 0.4) is 0 Å². The van der Waals surface area contributed by atoms with Gasteiger partial charge in [0.25, 0.3) is 0 Å². The second-order valence-electron chi connectivity index (χ2n) is 5.03. The molecule has 1 saturated heterocycles. The van der Waals surface area contributed by atoms with Crippen molar-refractivity contribution < 1.29 is 4.74 Å². The van der Waals surface area contributed by atoms with Crippen LogP contribution in [0, 0.1) is 0 Å². The Labute approximate surface area is 110 Å². The Morgan fingerprint density at radius 2 is 2.39 bits per heavy atom. The van der Waals surface area contributed by atoms with Crippen molar-refractivity contribution in [1.82, 2.24) is 10.3 Å². The van der Waals surface area contributed by atoms with Crippen molar-refractivity contribution in [2.24, 2.45) is 0 Å². The molecule has 0 saturated carbocycles. The van der Waals surface area contributed by atoms with Crippen molar-refractivity contribution in [3.8, 4) is 0 Å². The van der Waals surface area contributed by atoms with Crippen LogP contribution in [-0.2, 0) is 11.2 Å². The maximum Gasteiger partial charge on any atom is 0.0589 e. The number of hydrogen-bond donors (Lipinski definition) is 1. The third kappa shape index (κ3) is 4.39. The lowest BCUT2D eigenvalue weighted by Crippen LogP contribution is -2.39. The number of aromatic nitrogens is 1. The fourth-order valence-corrected chi connectivity index (χ4v) is 2.54. The summed E-state index contributed by atoms with van der Waals surface area (Å²) in [7, 11) is 0. The van der Waals surface area contributed by atoms with Gasteiger partial charge in [-0.25, -0.2) is 0 Å².